The molecule has 1 amide bonds. The molecule has 0 spiro atoms. The first kappa shape index (κ1) is 11.4. The Kier molecular flexibility index (Phi) is 3.79. The number of hydrogen-bond acceptors (Lipinski definition) is 4. The number of thiophene rings is 1. The molecule has 2 heterocycles. The lowest BCUT2D eigenvalue weighted by Crippen LogP contribution is -2.34. The normalized spacial score (nSPS) is 20.1. The molecule has 1 aliphatic rings. The van der Waals surface area contributed by atoms with Crippen molar-refractivity contribution in [2.24, 2.45) is 0 Å². The summed E-state index contributed by atoms with van der Waals surface area (Å²) in [7, 11) is 1.43. The third kappa shape index (κ3) is 2.74. The van der Waals surface area contributed by atoms with Crippen molar-refractivity contribution in [2.45, 2.75) is 19.0 Å². The van der Waals surface area contributed by atoms with Crippen LogP contribution in [0.5, 0.6) is 0 Å². The van der Waals surface area contributed by atoms with E-state index >= 15 is 0 Å². The van der Waals surface area contributed by atoms with Crippen LogP contribution >= 0.6 is 11.3 Å². The quantitative estimate of drug-likeness (QED) is 0.874. The Labute approximate surface area is 99.2 Å². The van der Waals surface area contributed by atoms with Gasteiger partial charge in [0.15, 0.2) is 0 Å². The van der Waals surface area contributed by atoms with Gasteiger partial charge in [-0.3, -0.25) is 0 Å². The van der Waals surface area contributed by atoms with Gasteiger partial charge < -0.3 is 15.0 Å². The summed E-state index contributed by atoms with van der Waals surface area (Å²) >= 11 is 1.75. The lowest BCUT2D eigenvalue weighted by molar-refractivity contribution is 0.132. The van der Waals surface area contributed by atoms with Gasteiger partial charge in [-0.25, -0.2) is 4.79 Å². The second-order valence-electron chi connectivity index (χ2n) is 3.86. The molecule has 88 valence electrons. The number of methoxy groups -OCH3 is 1. The summed E-state index contributed by atoms with van der Waals surface area (Å²) in [6.07, 6.45) is 0.779. The van der Waals surface area contributed by atoms with E-state index < -0.39 is 0 Å². The molecule has 1 saturated heterocycles. The van der Waals surface area contributed by atoms with E-state index in [0.29, 0.717) is 6.04 Å². The zero-order valence-electron chi connectivity index (χ0n) is 9.31. The lowest BCUT2D eigenvalue weighted by Gasteiger charge is -2.15. The number of amides is 1. The van der Waals surface area contributed by atoms with Crippen molar-refractivity contribution >= 4 is 17.4 Å². The predicted octanol–water partition coefficient (Wildman–Crippen LogP) is 1.68. The number of nitrogens with one attached hydrogen (secondary N) is 1. The van der Waals surface area contributed by atoms with Crippen LogP contribution < -0.4 is 5.32 Å². The van der Waals surface area contributed by atoms with E-state index in [0.717, 1.165) is 26.1 Å². The van der Waals surface area contributed by atoms with Gasteiger partial charge >= 0.3 is 6.09 Å². The first-order valence-electron chi connectivity index (χ1n) is 5.38. The number of rotatable bonds is 3. The van der Waals surface area contributed by atoms with Crippen molar-refractivity contribution in [2.75, 3.05) is 20.2 Å². The van der Waals surface area contributed by atoms with E-state index in [1.807, 2.05) is 0 Å². The molecule has 0 radical (unpaired) electrons. The Hall–Kier alpha value is -1.07. The number of carbonyl (C=O) groups excluding carboxylic acids is 1. The Bertz CT molecular complexity index is 340. The average Bonchev–Trinajstić information content (AvgIpc) is 2.96. The van der Waals surface area contributed by atoms with Gasteiger partial charge in [-0.05, 0) is 17.9 Å². The molecular formula is C11H16N2O2S. The maximum absolute atomic E-state index is 11.3. The smallest absolute Gasteiger partial charge is 0.409 e. The molecule has 0 aromatic carbocycles. The zero-order valence-corrected chi connectivity index (χ0v) is 10.1. The van der Waals surface area contributed by atoms with Gasteiger partial charge in [0, 0.05) is 30.6 Å². The monoisotopic (exact) mass is 240 g/mol. The summed E-state index contributed by atoms with van der Waals surface area (Å²) in [4.78, 5) is 14.3. The molecule has 0 saturated carbocycles. The summed E-state index contributed by atoms with van der Waals surface area (Å²) in [6.45, 7) is 2.42. The van der Waals surface area contributed by atoms with E-state index in [9.17, 15) is 4.79 Å². The molecular weight excluding hydrogens is 224 g/mol. The minimum absolute atomic E-state index is 0.222. The van der Waals surface area contributed by atoms with Gasteiger partial charge in [-0.1, -0.05) is 6.07 Å². The molecule has 0 aliphatic carbocycles. The number of carbonyl (C=O) groups is 1. The number of ether oxygens (including phenoxy) is 1. The highest BCUT2D eigenvalue weighted by Crippen LogP contribution is 2.13. The Morgan fingerprint density at radius 2 is 2.62 bits per heavy atom. The number of likely N-dealkylation sites (tertiary alicyclic amines) is 1. The highest BCUT2D eigenvalue weighted by molar-refractivity contribution is 7.09. The summed E-state index contributed by atoms with van der Waals surface area (Å²) in [5.74, 6) is 0. The largest absolute Gasteiger partial charge is 0.453 e. The third-order valence-electron chi connectivity index (χ3n) is 2.77. The fourth-order valence-corrected chi connectivity index (χ4v) is 2.54. The molecule has 1 unspecified atom stereocenters. The SMILES string of the molecule is COC(=O)N1CCC(NCc2cccs2)C1. The third-order valence-corrected chi connectivity index (χ3v) is 3.64. The van der Waals surface area contributed by atoms with Gasteiger partial charge in [0.25, 0.3) is 0 Å². The Morgan fingerprint density at radius 3 is 3.31 bits per heavy atom. The van der Waals surface area contributed by atoms with Gasteiger partial charge in [-0.2, -0.15) is 0 Å². The number of nitrogens with zero attached hydrogens (tertiary/aromatic N) is 1. The molecule has 4 nitrogen and oxygen atoms in total. The van der Waals surface area contributed by atoms with Gasteiger partial charge in [0.1, 0.15) is 0 Å². The van der Waals surface area contributed by atoms with Crippen LogP contribution in [0.15, 0.2) is 17.5 Å². The summed E-state index contributed by atoms with van der Waals surface area (Å²) in [5.41, 5.74) is 0. The fourth-order valence-electron chi connectivity index (χ4n) is 1.88. The highest BCUT2D eigenvalue weighted by atomic mass is 32.1. The van der Waals surface area contributed by atoms with Crippen molar-refractivity contribution in [3.63, 3.8) is 0 Å². The molecule has 1 aliphatic heterocycles. The maximum Gasteiger partial charge on any atom is 0.409 e. The van der Waals surface area contributed by atoms with Crippen molar-refractivity contribution < 1.29 is 9.53 Å². The summed E-state index contributed by atoms with van der Waals surface area (Å²) in [6, 6.07) is 4.56. The predicted molar refractivity (Wildman–Crippen MR) is 63.5 cm³/mol. The fraction of sp³-hybridized carbons (Fsp3) is 0.545. The Morgan fingerprint density at radius 1 is 1.75 bits per heavy atom. The number of hydrogen-bond donors (Lipinski definition) is 1. The van der Waals surface area contributed by atoms with E-state index in [4.69, 9.17) is 4.74 Å². The molecule has 5 heteroatoms. The van der Waals surface area contributed by atoms with Gasteiger partial charge in [0.05, 0.1) is 7.11 Å². The molecule has 0 bridgehead atoms. The van der Waals surface area contributed by atoms with Gasteiger partial charge in [-0.15, -0.1) is 11.3 Å². The average molecular weight is 240 g/mol. The van der Waals surface area contributed by atoms with Crippen LogP contribution in [-0.4, -0.2) is 37.2 Å². The molecule has 16 heavy (non-hydrogen) atoms. The van der Waals surface area contributed by atoms with Crippen molar-refractivity contribution in [3.05, 3.63) is 22.4 Å². The molecule has 2 rings (SSSR count). The zero-order chi connectivity index (χ0) is 11.4. The van der Waals surface area contributed by atoms with Crippen molar-refractivity contribution in [1.82, 2.24) is 10.2 Å². The highest BCUT2D eigenvalue weighted by Gasteiger charge is 2.26. The van der Waals surface area contributed by atoms with Crippen LogP contribution in [0.1, 0.15) is 11.3 Å². The molecule has 1 atom stereocenters. The van der Waals surface area contributed by atoms with Crippen LogP contribution in [-0.2, 0) is 11.3 Å². The second kappa shape index (κ2) is 5.32. The molecule has 1 aromatic heterocycles. The first-order chi connectivity index (χ1) is 7.79. The van der Waals surface area contributed by atoms with Crippen LogP contribution in [0, 0.1) is 0 Å². The van der Waals surface area contributed by atoms with Crippen LogP contribution in [0.2, 0.25) is 0 Å². The van der Waals surface area contributed by atoms with Crippen LogP contribution in [0.25, 0.3) is 0 Å². The second-order valence-corrected chi connectivity index (χ2v) is 4.89. The maximum atomic E-state index is 11.3. The van der Waals surface area contributed by atoms with Crippen molar-refractivity contribution in [3.8, 4) is 0 Å². The van der Waals surface area contributed by atoms with E-state index in [-0.39, 0.29) is 6.09 Å². The topological polar surface area (TPSA) is 41.6 Å². The molecule has 1 fully saturated rings. The van der Waals surface area contributed by atoms with Crippen molar-refractivity contribution in [1.29, 1.82) is 0 Å². The Balaban J connectivity index is 1.75. The van der Waals surface area contributed by atoms with Gasteiger partial charge in [0.2, 0.25) is 0 Å². The molecule has 1 N–H and O–H groups in total. The van der Waals surface area contributed by atoms with E-state index in [1.165, 1.54) is 12.0 Å². The minimum atomic E-state index is -0.222. The summed E-state index contributed by atoms with van der Waals surface area (Å²) in [5, 5.41) is 5.53. The van der Waals surface area contributed by atoms with Crippen LogP contribution in [0.4, 0.5) is 4.79 Å². The summed E-state index contributed by atoms with van der Waals surface area (Å²) < 4.78 is 4.69. The lowest BCUT2D eigenvalue weighted by atomic mass is 10.2. The van der Waals surface area contributed by atoms with Crippen LogP contribution in [0.3, 0.4) is 0 Å². The van der Waals surface area contributed by atoms with E-state index in [1.54, 1.807) is 16.2 Å². The molecule has 1 aromatic rings. The first-order valence-corrected chi connectivity index (χ1v) is 6.26. The standard InChI is InChI=1S/C11H16N2O2S/c1-15-11(14)13-5-4-9(8-13)12-7-10-3-2-6-16-10/h2-3,6,9,12H,4-5,7-8H2,1H3. The van der Waals surface area contributed by atoms with E-state index in [2.05, 4.69) is 22.8 Å². The minimum Gasteiger partial charge on any atom is -0.453 e.